The van der Waals surface area contributed by atoms with Crippen LogP contribution in [0.15, 0.2) is 34.9 Å². The van der Waals surface area contributed by atoms with Crippen molar-refractivity contribution in [3.8, 4) is 11.5 Å². The summed E-state index contributed by atoms with van der Waals surface area (Å²) in [6.45, 7) is 3.35. The molecule has 6 heteroatoms. The van der Waals surface area contributed by atoms with Gasteiger partial charge in [0, 0.05) is 18.5 Å². The monoisotopic (exact) mass is 342 g/mol. The fourth-order valence-corrected chi connectivity index (χ4v) is 3.09. The molecule has 25 heavy (non-hydrogen) atoms. The van der Waals surface area contributed by atoms with Crippen molar-refractivity contribution in [2.75, 3.05) is 19.6 Å². The Morgan fingerprint density at radius 2 is 1.80 bits per heavy atom. The Hall–Kier alpha value is -2.21. The van der Waals surface area contributed by atoms with Crippen LogP contribution in [0.25, 0.3) is 11.5 Å². The summed E-state index contributed by atoms with van der Waals surface area (Å²) in [5, 5.41) is 6.81. The molecule has 6 nitrogen and oxygen atoms in total. The lowest BCUT2D eigenvalue weighted by Gasteiger charge is -2.24. The topological polar surface area (TPSA) is 71.3 Å². The number of nitrogens with zero attached hydrogens (tertiary/aromatic N) is 3. The summed E-state index contributed by atoms with van der Waals surface area (Å²) in [7, 11) is 0. The van der Waals surface area contributed by atoms with E-state index in [-0.39, 0.29) is 5.91 Å². The highest BCUT2D eigenvalue weighted by molar-refractivity contribution is 5.75. The predicted octanol–water partition coefficient (Wildman–Crippen LogP) is 3.01. The average molecular weight is 342 g/mol. The zero-order chi connectivity index (χ0) is 17.3. The Morgan fingerprint density at radius 3 is 2.56 bits per heavy atom. The van der Waals surface area contributed by atoms with Gasteiger partial charge >= 0.3 is 0 Å². The second kappa shape index (κ2) is 9.32. The highest BCUT2D eigenvalue weighted by Crippen LogP contribution is 2.16. The minimum atomic E-state index is 0.0353. The van der Waals surface area contributed by atoms with Crippen molar-refractivity contribution >= 4 is 5.91 Å². The van der Waals surface area contributed by atoms with Gasteiger partial charge in [-0.1, -0.05) is 42.6 Å². The molecule has 1 N–H and O–H groups in total. The van der Waals surface area contributed by atoms with Crippen LogP contribution in [0.5, 0.6) is 0 Å². The van der Waals surface area contributed by atoms with Crippen molar-refractivity contribution in [2.24, 2.45) is 0 Å². The number of amides is 1. The quantitative estimate of drug-likeness (QED) is 0.874. The molecular weight excluding hydrogens is 316 g/mol. The molecule has 1 aliphatic heterocycles. The van der Waals surface area contributed by atoms with Crippen LogP contribution in [0.2, 0.25) is 0 Å². The first-order chi connectivity index (χ1) is 12.3. The lowest BCUT2D eigenvalue weighted by molar-refractivity contribution is -0.121. The van der Waals surface area contributed by atoms with Crippen LogP contribution >= 0.6 is 0 Å². The van der Waals surface area contributed by atoms with Crippen molar-refractivity contribution in [1.29, 1.82) is 0 Å². The van der Waals surface area contributed by atoms with E-state index in [1.54, 1.807) is 0 Å². The van der Waals surface area contributed by atoms with Crippen LogP contribution < -0.4 is 5.32 Å². The Labute approximate surface area is 148 Å². The van der Waals surface area contributed by atoms with Crippen molar-refractivity contribution in [1.82, 2.24) is 20.4 Å². The smallest absolute Gasteiger partial charge is 0.257 e. The zero-order valence-corrected chi connectivity index (χ0v) is 14.6. The normalized spacial score (nSPS) is 16.2. The third-order valence-corrected chi connectivity index (χ3v) is 4.54. The maximum Gasteiger partial charge on any atom is 0.257 e. The fraction of sp³-hybridized carbons (Fsp3) is 0.526. The van der Waals surface area contributed by atoms with Gasteiger partial charge < -0.3 is 14.7 Å². The van der Waals surface area contributed by atoms with Crippen LogP contribution in [-0.2, 0) is 11.3 Å². The van der Waals surface area contributed by atoms with Crippen LogP contribution in [0, 0.1) is 0 Å². The second-order valence-electron chi connectivity index (χ2n) is 6.52. The van der Waals surface area contributed by atoms with E-state index in [2.05, 4.69) is 20.4 Å². The van der Waals surface area contributed by atoms with Gasteiger partial charge in [-0.05, 0) is 38.1 Å². The largest absolute Gasteiger partial charge is 0.349 e. The van der Waals surface area contributed by atoms with Gasteiger partial charge in [-0.2, -0.15) is 4.98 Å². The molecule has 2 aromatic rings. The van der Waals surface area contributed by atoms with E-state index < -0.39 is 0 Å². The number of carbonyl (C=O) groups excluding carboxylic acids is 1. The molecule has 0 bridgehead atoms. The van der Waals surface area contributed by atoms with E-state index >= 15 is 0 Å². The highest BCUT2D eigenvalue weighted by atomic mass is 16.5. The number of nitrogens with one attached hydrogen (secondary N) is 1. The standard InChI is InChI=1S/C19H26N4O2/c24-18(11-14-23-12-7-2-1-3-8-13-23)20-15-17-21-19(25-22-17)16-9-5-4-6-10-16/h4-6,9-10H,1-3,7-8,11-15H2,(H,20,24). The molecule has 1 amide bonds. The number of benzene rings is 1. The van der Waals surface area contributed by atoms with Crippen molar-refractivity contribution in [3.05, 3.63) is 36.2 Å². The maximum atomic E-state index is 12.1. The van der Waals surface area contributed by atoms with Gasteiger partial charge in [0.15, 0.2) is 5.82 Å². The summed E-state index contributed by atoms with van der Waals surface area (Å²) in [4.78, 5) is 18.8. The Morgan fingerprint density at radius 1 is 1.08 bits per heavy atom. The van der Waals surface area contributed by atoms with Crippen molar-refractivity contribution < 1.29 is 9.32 Å². The molecule has 1 aromatic carbocycles. The van der Waals surface area contributed by atoms with E-state index in [9.17, 15) is 4.79 Å². The van der Waals surface area contributed by atoms with Crippen LogP contribution in [0.4, 0.5) is 0 Å². The summed E-state index contributed by atoms with van der Waals surface area (Å²) in [6, 6.07) is 9.61. The van der Waals surface area contributed by atoms with Crippen LogP contribution in [0.3, 0.4) is 0 Å². The fourth-order valence-electron chi connectivity index (χ4n) is 3.09. The predicted molar refractivity (Wildman–Crippen MR) is 95.7 cm³/mol. The summed E-state index contributed by atoms with van der Waals surface area (Å²) in [6.07, 6.45) is 6.97. The van der Waals surface area contributed by atoms with E-state index in [1.807, 2.05) is 30.3 Å². The zero-order valence-electron chi connectivity index (χ0n) is 14.6. The lowest BCUT2D eigenvalue weighted by atomic mass is 10.1. The second-order valence-corrected chi connectivity index (χ2v) is 6.52. The van der Waals surface area contributed by atoms with Crippen molar-refractivity contribution in [3.63, 3.8) is 0 Å². The molecule has 1 fully saturated rings. The molecule has 3 rings (SSSR count). The molecule has 0 atom stereocenters. The third kappa shape index (κ3) is 5.67. The number of rotatable bonds is 6. The maximum absolute atomic E-state index is 12.1. The molecule has 0 radical (unpaired) electrons. The summed E-state index contributed by atoms with van der Waals surface area (Å²) >= 11 is 0. The van der Waals surface area contributed by atoms with Gasteiger partial charge in [-0.25, -0.2) is 0 Å². The minimum absolute atomic E-state index is 0.0353. The van der Waals surface area contributed by atoms with Gasteiger partial charge in [0.1, 0.15) is 0 Å². The minimum Gasteiger partial charge on any atom is -0.349 e. The molecular formula is C19H26N4O2. The number of hydrogen-bond donors (Lipinski definition) is 1. The number of aromatic nitrogens is 2. The summed E-state index contributed by atoms with van der Waals surface area (Å²) < 4.78 is 5.24. The van der Waals surface area contributed by atoms with Crippen LogP contribution in [0.1, 0.15) is 44.3 Å². The lowest BCUT2D eigenvalue weighted by Crippen LogP contribution is -2.32. The summed E-state index contributed by atoms with van der Waals surface area (Å²) in [5.74, 6) is 1.01. The third-order valence-electron chi connectivity index (χ3n) is 4.54. The molecule has 0 saturated carbocycles. The van der Waals surface area contributed by atoms with E-state index in [4.69, 9.17) is 4.52 Å². The number of hydrogen-bond acceptors (Lipinski definition) is 5. The molecule has 1 aliphatic rings. The van der Waals surface area contributed by atoms with Gasteiger partial charge in [-0.15, -0.1) is 0 Å². The molecule has 2 heterocycles. The van der Waals surface area contributed by atoms with Gasteiger partial charge in [0.05, 0.1) is 6.54 Å². The molecule has 1 aromatic heterocycles. The first-order valence-electron chi connectivity index (χ1n) is 9.18. The first kappa shape index (κ1) is 17.6. The Balaban J connectivity index is 1.41. The number of carbonyl (C=O) groups is 1. The van der Waals surface area contributed by atoms with Gasteiger partial charge in [-0.3, -0.25) is 4.79 Å². The molecule has 1 saturated heterocycles. The first-order valence-corrected chi connectivity index (χ1v) is 9.18. The van der Waals surface area contributed by atoms with E-state index in [1.165, 1.54) is 32.1 Å². The highest BCUT2D eigenvalue weighted by Gasteiger charge is 2.12. The molecule has 134 valence electrons. The van der Waals surface area contributed by atoms with E-state index in [0.717, 1.165) is 25.2 Å². The molecule has 0 spiro atoms. The van der Waals surface area contributed by atoms with Crippen molar-refractivity contribution in [2.45, 2.75) is 45.1 Å². The van der Waals surface area contributed by atoms with Gasteiger partial charge in [0.25, 0.3) is 5.89 Å². The molecule has 0 aliphatic carbocycles. The van der Waals surface area contributed by atoms with Gasteiger partial charge in [0.2, 0.25) is 5.91 Å². The summed E-state index contributed by atoms with van der Waals surface area (Å²) in [5.41, 5.74) is 0.879. The Bertz CT molecular complexity index is 648. The average Bonchev–Trinajstić information content (AvgIpc) is 3.09. The van der Waals surface area contributed by atoms with E-state index in [0.29, 0.717) is 24.7 Å². The SMILES string of the molecule is O=C(CCN1CCCCCCC1)NCc1noc(-c2ccccc2)n1. The van der Waals surface area contributed by atoms with Crippen LogP contribution in [-0.4, -0.2) is 40.6 Å². The molecule has 0 unspecified atom stereocenters. The number of likely N-dealkylation sites (tertiary alicyclic amines) is 1. The Kier molecular flexibility index (Phi) is 6.56.